The molecule has 0 spiro atoms. The van der Waals surface area contributed by atoms with E-state index < -0.39 is 5.91 Å². The van der Waals surface area contributed by atoms with Crippen molar-refractivity contribution < 1.29 is 14.3 Å². The lowest BCUT2D eigenvalue weighted by Crippen LogP contribution is -2.48. The Balaban J connectivity index is 1.94. The second kappa shape index (κ2) is 10.8. The molecule has 2 aromatic rings. The van der Waals surface area contributed by atoms with Gasteiger partial charge in [-0.2, -0.15) is 0 Å². The normalized spacial score (nSPS) is 10.1. The fourth-order valence-electron chi connectivity index (χ4n) is 2.22. The number of carbonyl (C=O) groups is 2. The minimum absolute atomic E-state index is 0.0232. The van der Waals surface area contributed by atoms with Gasteiger partial charge in [-0.05, 0) is 55.9 Å². The summed E-state index contributed by atoms with van der Waals surface area (Å²) < 4.78 is 6.43. The van der Waals surface area contributed by atoms with Gasteiger partial charge in [0.2, 0.25) is 0 Å². The molecule has 0 saturated carbocycles. The van der Waals surface area contributed by atoms with Crippen molar-refractivity contribution in [2.45, 2.75) is 26.7 Å². The molecule has 28 heavy (non-hydrogen) atoms. The largest absolute Gasteiger partial charge is 0.493 e. The van der Waals surface area contributed by atoms with E-state index >= 15 is 0 Å². The summed E-state index contributed by atoms with van der Waals surface area (Å²) in [5, 5.41) is 2.51. The summed E-state index contributed by atoms with van der Waals surface area (Å²) >= 11 is 8.44. The van der Waals surface area contributed by atoms with Crippen molar-refractivity contribution in [3.63, 3.8) is 0 Å². The quantitative estimate of drug-likeness (QED) is 0.344. The number of hydrogen-bond donors (Lipinski definition) is 3. The minimum atomic E-state index is -0.435. The van der Waals surface area contributed by atoms with Crippen LogP contribution in [0.1, 0.15) is 46.0 Å². The number of amides is 2. The molecular weight excluding hydrogens is 442 g/mol. The van der Waals surface area contributed by atoms with Crippen molar-refractivity contribution in [1.29, 1.82) is 0 Å². The summed E-state index contributed by atoms with van der Waals surface area (Å²) in [6, 6.07) is 12.3. The van der Waals surface area contributed by atoms with Crippen LogP contribution in [0.2, 0.25) is 0 Å². The van der Waals surface area contributed by atoms with Crippen molar-refractivity contribution in [1.82, 2.24) is 16.2 Å². The monoisotopic (exact) mass is 463 g/mol. The van der Waals surface area contributed by atoms with Crippen molar-refractivity contribution in [3.05, 3.63) is 63.6 Å². The van der Waals surface area contributed by atoms with Gasteiger partial charge < -0.3 is 4.74 Å². The Kier molecular flexibility index (Phi) is 8.41. The molecular formula is C20H22BrN3O3S. The van der Waals surface area contributed by atoms with Crippen LogP contribution in [0.5, 0.6) is 5.75 Å². The highest BCUT2D eigenvalue weighted by molar-refractivity contribution is 9.10. The fourth-order valence-corrected chi connectivity index (χ4v) is 2.73. The van der Waals surface area contributed by atoms with Gasteiger partial charge in [-0.1, -0.05) is 47.0 Å². The van der Waals surface area contributed by atoms with E-state index in [1.54, 1.807) is 30.3 Å². The van der Waals surface area contributed by atoms with Gasteiger partial charge in [-0.15, -0.1) is 0 Å². The number of thiocarbonyl (C=S) groups is 1. The van der Waals surface area contributed by atoms with Crippen LogP contribution in [0.3, 0.4) is 0 Å². The standard InChI is InChI=1S/C20H22BrN3O3S/c1-3-4-11-27-17-10-9-15(21)12-16(17)19(26)22-20(28)24-23-18(25)14-7-5-13(2)6-8-14/h5-10,12H,3-4,11H2,1-2H3,(H,23,25)(H2,22,24,26,28). The molecule has 0 heterocycles. The highest BCUT2D eigenvalue weighted by atomic mass is 79.9. The van der Waals surface area contributed by atoms with Gasteiger partial charge in [0.25, 0.3) is 11.8 Å². The fraction of sp³-hybridized carbons (Fsp3) is 0.250. The van der Waals surface area contributed by atoms with Crippen molar-refractivity contribution in [3.8, 4) is 5.75 Å². The molecule has 0 radical (unpaired) electrons. The maximum atomic E-state index is 12.6. The Morgan fingerprint density at radius 1 is 1.07 bits per heavy atom. The number of rotatable bonds is 6. The van der Waals surface area contributed by atoms with Gasteiger partial charge in [0.1, 0.15) is 5.75 Å². The third-order valence-corrected chi connectivity index (χ3v) is 4.47. The number of benzene rings is 2. The molecule has 2 amide bonds. The third kappa shape index (κ3) is 6.61. The van der Waals surface area contributed by atoms with E-state index in [-0.39, 0.29) is 11.0 Å². The maximum Gasteiger partial charge on any atom is 0.269 e. The van der Waals surface area contributed by atoms with E-state index in [9.17, 15) is 9.59 Å². The van der Waals surface area contributed by atoms with Gasteiger partial charge in [0, 0.05) is 10.0 Å². The zero-order chi connectivity index (χ0) is 20.5. The molecule has 0 aromatic heterocycles. The van der Waals surface area contributed by atoms with E-state index in [1.807, 2.05) is 19.1 Å². The van der Waals surface area contributed by atoms with Crippen LogP contribution in [-0.2, 0) is 0 Å². The third-order valence-electron chi connectivity index (χ3n) is 3.77. The SMILES string of the molecule is CCCCOc1ccc(Br)cc1C(=O)NC(=S)NNC(=O)c1ccc(C)cc1. The molecule has 0 aliphatic heterocycles. The Hall–Kier alpha value is -2.45. The number of hydrogen-bond acceptors (Lipinski definition) is 4. The Bertz CT molecular complexity index is 856. The molecule has 0 aliphatic carbocycles. The number of nitrogens with one attached hydrogen (secondary N) is 3. The first-order valence-corrected chi connectivity index (χ1v) is 10.0. The highest BCUT2D eigenvalue weighted by Gasteiger charge is 2.15. The minimum Gasteiger partial charge on any atom is -0.493 e. The predicted molar refractivity (Wildman–Crippen MR) is 116 cm³/mol. The van der Waals surface area contributed by atoms with Crippen molar-refractivity contribution >= 4 is 45.1 Å². The van der Waals surface area contributed by atoms with Gasteiger partial charge in [-0.3, -0.25) is 25.8 Å². The van der Waals surface area contributed by atoms with Crippen LogP contribution in [0.15, 0.2) is 46.9 Å². The Morgan fingerprint density at radius 2 is 1.79 bits per heavy atom. The number of halogens is 1. The zero-order valence-corrected chi connectivity index (χ0v) is 18.1. The van der Waals surface area contributed by atoms with Crippen LogP contribution >= 0.6 is 28.1 Å². The molecule has 2 aromatic carbocycles. The molecule has 2 rings (SSSR count). The number of ether oxygens (including phenoxy) is 1. The maximum absolute atomic E-state index is 12.6. The van der Waals surface area contributed by atoms with E-state index in [0.29, 0.717) is 23.5 Å². The van der Waals surface area contributed by atoms with Crippen LogP contribution in [-0.4, -0.2) is 23.5 Å². The number of carbonyl (C=O) groups excluding carboxylic acids is 2. The summed E-state index contributed by atoms with van der Waals surface area (Å²) in [5.74, 6) is -0.321. The summed E-state index contributed by atoms with van der Waals surface area (Å²) in [4.78, 5) is 24.7. The van der Waals surface area contributed by atoms with Gasteiger partial charge in [0.15, 0.2) is 5.11 Å². The second-order valence-electron chi connectivity index (χ2n) is 6.07. The first-order valence-electron chi connectivity index (χ1n) is 8.81. The lowest BCUT2D eigenvalue weighted by molar-refractivity contribution is 0.0933. The molecule has 0 bridgehead atoms. The smallest absolute Gasteiger partial charge is 0.269 e. The molecule has 0 atom stereocenters. The van der Waals surface area contributed by atoms with E-state index in [2.05, 4.69) is 39.0 Å². The average molecular weight is 464 g/mol. The first-order chi connectivity index (χ1) is 13.4. The van der Waals surface area contributed by atoms with Gasteiger partial charge in [-0.25, -0.2) is 0 Å². The zero-order valence-electron chi connectivity index (χ0n) is 15.7. The van der Waals surface area contributed by atoms with Crippen molar-refractivity contribution in [2.24, 2.45) is 0 Å². The van der Waals surface area contributed by atoms with E-state index in [4.69, 9.17) is 17.0 Å². The number of unbranched alkanes of at least 4 members (excludes halogenated alkanes) is 1. The predicted octanol–water partition coefficient (Wildman–Crippen LogP) is 3.89. The average Bonchev–Trinajstić information content (AvgIpc) is 2.68. The summed E-state index contributed by atoms with van der Waals surface area (Å²) in [7, 11) is 0. The topological polar surface area (TPSA) is 79.5 Å². The molecule has 0 aliphatic rings. The van der Waals surface area contributed by atoms with Gasteiger partial charge in [0.05, 0.1) is 12.2 Å². The summed E-state index contributed by atoms with van der Waals surface area (Å²) in [6.07, 6.45) is 1.88. The molecule has 0 saturated heterocycles. The Morgan fingerprint density at radius 3 is 2.46 bits per heavy atom. The Labute approximate surface area is 178 Å². The molecule has 3 N–H and O–H groups in total. The van der Waals surface area contributed by atoms with E-state index in [1.165, 1.54) is 0 Å². The van der Waals surface area contributed by atoms with Crippen molar-refractivity contribution in [2.75, 3.05) is 6.61 Å². The van der Waals surface area contributed by atoms with Crippen LogP contribution < -0.4 is 20.9 Å². The van der Waals surface area contributed by atoms with Crippen LogP contribution in [0.4, 0.5) is 0 Å². The molecule has 8 heteroatoms. The molecule has 0 fully saturated rings. The molecule has 148 valence electrons. The molecule has 0 unspecified atom stereocenters. The lowest BCUT2D eigenvalue weighted by Gasteiger charge is -2.14. The van der Waals surface area contributed by atoms with E-state index in [0.717, 1.165) is 22.9 Å². The number of aryl methyl sites for hydroxylation is 1. The lowest BCUT2D eigenvalue weighted by atomic mass is 10.1. The first kappa shape index (κ1) is 21.8. The summed E-state index contributed by atoms with van der Waals surface area (Å²) in [6.45, 7) is 4.52. The summed E-state index contributed by atoms with van der Waals surface area (Å²) in [5.41, 5.74) is 6.87. The second-order valence-corrected chi connectivity index (χ2v) is 7.39. The number of hydrazine groups is 1. The highest BCUT2D eigenvalue weighted by Crippen LogP contribution is 2.23. The van der Waals surface area contributed by atoms with Crippen LogP contribution in [0, 0.1) is 6.92 Å². The molecule has 6 nitrogen and oxygen atoms in total. The van der Waals surface area contributed by atoms with Gasteiger partial charge >= 0.3 is 0 Å². The van der Waals surface area contributed by atoms with Crippen LogP contribution in [0.25, 0.3) is 0 Å².